The maximum absolute atomic E-state index is 11.4. The van der Waals surface area contributed by atoms with Crippen LogP contribution in [0, 0.1) is 11.3 Å². The van der Waals surface area contributed by atoms with Gasteiger partial charge in [-0.3, -0.25) is 9.78 Å². The maximum Gasteiger partial charge on any atom is 0.306 e. The summed E-state index contributed by atoms with van der Waals surface area (Å²) >= 11 is 0. The normalized spacial score (nSPS) is 11.6. The molecule has 166 valence electrons. The molecule has 1 aromatic heterocycles. The van der Waals surface area contributed by atoms with E-state index in [0.717, 1.165) is 41.3 Å². The third kappa shape index (κ3) is 7.68. The smallest absolute Gasteiger partial charge is 0.306 e. The average Bonchev–Trinajstić information content (AvgIpc) is 2.83. The molecule has 0 amide bonds. The fourth-order valence-electron chi connectivity index (χ4n) is 3.37. The number of hydrogen-bond donors (Lipinski definition) is 1. The molecule has 0 saturated carbocycles. The number of nitrogens with zero attached hydrogens (tertiary/aromatic N) is 2. The summed E-state index contributed by atoms with van der Waals surface area (Å²) in [5.41, 5.74) is 2.27. The second kappa shape index (κ2) is 12.4. The molecule has 6 heteroatoms. The van der Waals surface area contributed by atoms with Crippen LogP contribution in [0.2, 0.25) is 0 Å². The van der Waals surface area contributed by atoms with E-state index >= 15 is 0 Å². The summed E-state index contributed by atoms with van der Waals surface area (Å²) in [4.78, 5) is 15.5. The van der Waals surface area contributed by atoms with Crippen LogP contribution in [0.3, 0.4) is 0 Å². The van der Waals surface area contributed by atoms with Gasteiger partial charge in [0.05, 0.1) is 25.2 Å². The summed E-state index contributed by atoms with van der Waals surface area (Å²) in [5, 5.41) is 20.9. The molecule has 6 nitrogen and oxygen atoms in total. The van der Waals surface area contributed by atoms with Crippen LogP contribution >= 0.6 is 0 Å². The molecule has 0 aliphatic rings. The molecule has 3 aromatic rings. The zero-order chi connectivity index (χ0) is 22.6. The summed E-state index contributed by atoms with van der Waals surface area (Å²) in [6, 6.07) is 18.0. The van der Waals surface area contributed by atoms with Crippen molar-refractivity contribution in [3.63, 3.8) is 0 Å². The Morgan fingerprint density at radius 3 is 2.75 bits per heavy atom. The zero-order valence-corrected chi connectivity index (χ0v) is 18.1. The molecular weight excluding hydrogens is 404 g/mol. The topological polar surface area (TPSA) is 92.4 Å². The quantitative estimate of drug-likeness (QED) is 0.337. The van der Waals surface area contributed by atoms with Crippen LogP contribution in [0.15, 0.2) is 60.9 Å². The summed E-state index contributed by atoms with van der Waals surface area (Å²) in [6.07, 6.45) is 6.29. The first kappa shape index (κ1) is 23.2. The number of benzene rings is 2. The number of fused-ring (bicyclic) bond motifs is 1. The number of carbonyl (C=O) groups excluding carboxylic acids is 1. The van der Waals surface area contributed by atoms with E-state index in [4.69, 9.17) is 14.7 Å². The third-order valence-corrected chi connectivity index (χ3v) is 5.12. The van der Waals surface area contributed by atoms with E-state index in [9.17, 15) is 9.90 Å². The highest BCUT2D eigenvalue weighted by atomic mass is 16.5. The van der Waals surface area contributed by atoms with Crippen molar-refractivity contribution in [2.75, 3.05) is 13.2 Å². The van der Waals surface area contributed by atoms with Crippen LogP contribution in [0.1, 0.15) is 36.8 Å². The number of pyridine rings is 1. The van der Waals surface area contributed by atoms with Crippen molar-refractivity contribution in [2.45, 2.75) is 44.6 Å². The van der Waals surface area contributed by atoms with Gasteiger partial charge in [-0.2, -0.15) is 5.26 Å². The van der Waals surface area contributed by atoms with Crippen molar-refractivity contribution >= 4 is 16.7 Å². The van der Waals surface area contributed by atoms with Gasteiger partial charge in [-0.25, -0.2) is 0 Å². The summed E-state index contributed by atoms with van der Waals surface area (Å²) in [5.74, 6) is 0.412. The molecule has 0 radical (unpaired) electrons. The van der Waals surface area contributed by atoms with Gasteiger partial charge in [0.25, 0.3) is 0 Å². The van der Waals surface area contributed by atoms with Gasteiger partial charge in [-0.15, -0.1) is 0 Å². The lowest BCUT2D eigenvalue weighted by atomic mass is 10.0. The van der Waals surface area contributed by atoms with E-state index in [0.29, 0.717) is 13.0 Å². The number of aryl methyl sites for hydroxylation is 2. The molecule has 3 rings (SSSR count). The number of ether oxygens (including phenoxy) is 2. The van der Waals surface area contributed by atoms with Gasteiger partial charge in [0.1, 0.15) is 12.4 Å². The van der Waals surface area contributed by atoms with Crippen molar-refractivity contribution in [3.05, 3.63) is 72.1 Å². The Bertz CT molecular complexity index is 1050. The number of carbonyl (C=O) groups is 1. The predicted molar refractivity (Wildman–Crippen MR) is 122 cm³/mol. The molecular formula is C26H28N2O4. The molecule has 0 fully saturated rings. The van der Waals surface area contributed by atoms with Gasteiger partial charge in [-0.05, 0) is 65.8 Å². The average molecular weight is 433 g/mol. The fraction of sp³-hybridized carbons (Fsp3) is 0.346. The first-order chi connectivity index (χ1) is 15.6. The Hall–Kier alpha value is -3.43. The van der Waals surface area contributed by atoms with Crippen molar-refractivity contribution in [3.8, 4) is 11.8 Å². The summed E-state index contributed by atoms with van der Waals surface area (Å²) in [7, 11) is 0. The third-order valence-electron chi connectivity index (χ3n) is 5.12. The van der Waals surface area contributed by atoms with Gasteiger partial charge in [-0.1, -0.05) is 30.3 Å². The molecule has 1 N–H and O–H groups in total. The van der Waals surface area contributed by atoms with Crippen LogP contribution < -0.4 is 4.74 Å². The number of rotatable bonds is 12. The zero-order valence-electron chi connectivity index (χ0n) is 18.1. The minimum absolute atomic E-state index is 0.151. The Morgan fingerprint density at radius 2 is 1.94 bits per heavy atom. The highest BCUT2D eigenvalue weighted by molar-refractivity contribution is 5.84. The van der Waals surface area contributed by atoms with Gasteiger partial charge in [0.15, 0.2) is 0 Å². The Labute approximate surface area is 188 Å². The predicted octanol–water partition coefficient (Wildman–Crippen LogP) is 4.39. The molecule has 32 heavy (non-hydrogen) atoms. The van der Waals surface area contributed by atoms with Crippen LogP contribution in [-0.4, -0.2) is 35.4 Å². The molecule has 1 atom stereocenters. The first-order valence-corrected chi connectivity index (χ1v) is 10.9. The van der Waals surface area contributed by atoms with Crippen molar-refractivity contribution < 1.29 is 19.4 Å². The van der Waals surface area contributed by atoms with Crippen molar-refractivity contribution in [2.24, 2.45) is 0 Å². The number of aromatic nitrogens is 1. The van der Waals surface area contributed by atoms with E-state index in [1.54, 1.807) is 6.20 Å². The molecule has 0 aliphatic heterocycles. The second-order valence-corrected chi connectivity index (χ2v) is 7.69. The minimum atomic E-state index is -0.540. The maximum atomic E-state index is 11.4. The lowest BCUT2D eigenvalue weighted by Crippen LogP contribution is -2.18. The number of aliphatic hydroxyl groups excluding tert-OH is 1. The number of nitriles is 1. The Kier molecular flexibility index (Phi) is 9.03. The molecule has 0 spiro atoms. The van der Waals surface area contributed by atoms with E-state index in [1.807, 2.05) is 42.6 Å². The minimum Gasteiger partial charge on any atom is -0.491 e. The molecule has 0 bridgehead atoms. The van der Waals surface area contributed by atoms with Gasteiger partial charge in [0.2, 0.25) is 0 Å². The number of aliphatic hydroxyl groups is 1. The molecule has 2 aromatic carbocycles. The number of hydrogen-bond acceptors (Lipinski definition) is 6. The van der Waals surface area contributed by atoms with Gasteiger partial charge in [0, 0.05) is 18.8 Å². The van der Waals surface area contributed by atoms with Gasteiger partial charge >= 0.3 is 5.97 Å². The highest BCUT2D eigenvalue weighted by Crippen LogP contribution is 2.23. The Morgan fingerprint density at radius 1 is 1.09 bits per heavy atom. The van der Waals surface area contributed by atoms with Gasteiger partial charge < -0.3 is 14.6 Å². The summed E-state index contributed by atoms with van der Waals surface area (Å²) in [6.45, 7) is 0.606. The SMILES string of the molecule is N#CCCC(=O)OCCCc1ccc2cc(OC[C@H](O)CCc3cccnc3)ccc2c1. The fourth-order valence-corrected chi connectivity index (χ4v) is 3.37. The summed E-state index contributed by atoms with van der Waals surface area (Å²) < 4.78 is 10.9. The first-order valence-electron chi connectivity index (χ1n) is 10.9. The largest absolute Gasteiger partial charge is 0.491 e. The van der Waals surface area contributed by atoms with E-state index in [2.05, 4.69) is 23.2 Å². The van der Waals surface area contributed by atoms with Crippen LogP contribution in [0.5, 0.6) is 5.75 Å². The lowest BCUT2D eigenvalue weighted by molar-refractivity contribution is -0.143. The van der Waals surface area contributed by atoms with Crippen LogP contribution in [-0.2, 0) is 22.4 Å². The lowest BCUT2D eigenvalue weighted by Gasteiger charge is -2.13. The second-order valence-electron chi connectivity index (χ2n) is 7.69. The van der Waals surface area contributed by atoms with E-state index in [1.165, 1.54) is 5.56 Å². The number of esters is 1. The molecule has 1 heterocycles. The van der Waals surface area contributed by atoms with Crippen molar-refractivity contribution in [1.29, 1.82) is 5.26 Å². The monoisotopic (exact) mass is 432 g/mol. The molecule has 0 unspecified atom stereocenters. The standard InChI is InChI=1S/C26H28N2O4/c27-13-1-6-26(30)31-15-3-5-20-7-9-23-17-25(12-10-22(23)16-20)32-19-24(29)11-8-21-4-2-14-28-18-21/h2,4,7,9-10,12,14,16-18,24,29H,1,3,5-6,8,11,15,19H2/t24-/m1/s1. The van der Waals surface area contributed by atoms with E-state index in [-0.39, 0.29) is 25.4 Å². The van der Waals surface area contributed by atoms with Crippen molar-refractivity contribution in [1.82, 2.24) is 4.98 Å². The molecule has 0 saturated heterocycles. The van der Waals surface area contributed by atoms with Crippen LogP contribution in [0.4, 0.5) is 0 Å². The Balaban J connectivity index is 1.43. The van der Waals surface area contributed by atoms with E-state index < -0.39 is 6.10 Å². The molecule has 0 aliphatic carbocycles. The van der Waals surface area contributed by atoms with Crippen LogP contribution in [0.25, 0.3) is 10.8 Å². The highest BCUT2D eigenvalue weighted by Gasteiger charge is 2.07.